The molecule has 110 valence electrons. The van der Waals surface area contributed by atoms with Gasteiger partial charge < -0.3 is 11.1 Å². The van der Waals surface area contributed by atoms with Gasteiger partial charge in [-0.3, -0.25) is 4.79 Å². The van der Waals surface area contributed by atoms with Crippen LogP contribution in [0.5, 0.6) is 0 Å². The second kappa shape index (κ2) is 6.88. The number of benzene rings is 2. The standard InChI is InChI=1S/C17H19FN2O/c1-12-10-14(19)11-15(16(12)18)17(21)20-9-5-8-13-6-3-2-4-7-13/h2-4,6-7,10-11H,5,8-9,19H2,1H3,(H,20,21). The number of rotatable bonds is 5. The van der Waals surface area contributed by atoms with Crippen LogP contribution in [0.3, 0.4) is 0 Å². The van der Waals surface area contributed by atoms with E-state index in [9.17, 15) is 9.18 Å². The summed E-state index contributed by atoms with van der Waals surface area (Å²) in [5.74, 6) is -0.930. The molecule has 0 radical (unpaired) electrons. The molecule has 0 fully saturated rings. The molecule has 3 nitrogen and oxygen atoms in total. The molecule has 1 amide bonds. The second-order valence-electron chi connectivity index (χ2n) is 5.04. The predicted octanol–water partition coefficient (Wildman–Crippen LogP) is 3.08. The molecule has 0 aliphatic heterocycles. The minimum atomic E-state index is -0.509. The van der Waals surface area contributed by atoms with E-state index >= 15 is 0 Å². The summed E-state index contributed by atoms with van der Waals surface area (Å²) < 4.78 is 13.9. The van der Waals surface area contributed by atoms with Crippen LogP contribution in [0.2, 0.25) is 0 Å². The number of nitrogen functional groups attached to an aromatic ring is 1. The number of carbonyl (C=O) groups excluding carboxylic acids is 1. The zero-order chi connectivity index (χ0) is 15.2. The lowest BCUT2D eigenvalue weighted by molar-refractivity contribution is 0.0949. The van der Waals surface area contributed by atoms with Gasteiger partial charge in [-0.15, -0.1) is 0 Å². The maximum absolute atomic E-state index is 13.9. The predicted molar refractivity (Wildman–Crippen MR) is 82.6 cm³/mol. The summed E-state index contributed by atoms with van der Waals surface area (Å²) in [7, 11) is 0. The number of amides is 1. The van der Waals surface area contributed by atoms with E-state index in [2.05, 4.69) is 5.32 Å². The van der Waals surface area contributed by atoms with Crippen molar-refractivity contribution in [3.8, 4) is 0 Å². The number of nitrogens with one attached hydrogen (secondary N) is 1. The second-order valence-corrected chi connectivity index (χ2v) is 5.04. The fraction of sp³-hybridized carbons (Fsp3) is 0.235. The molecule has 2 aromatic rings. The third-order valence-corrected chi connectivity index (χ3v) is 3.29. The Hall–Kier alpha value is -2.36. The van der Waals surface area contributed by atoms with Gasteiger partial charge in [0.25, 0.3) is 5.91 Å². The molecule has 0 unspecified atom stereocenters. The molecule has 2 aromatic carbocycles. The van der Waals surface area contributed by atoms with E-state index in [0.717, 1.165) is 12.8 Å². The van der Waals surface area contributed by atoms with E-state index in [4.69, 9.17) is 5.73 Å². The van der Waals surface area contributed by atoms with Gasteiger partial charge in [0.1, 0.15) is 5.82 Å². The molecule has 0 bridgehead atoms. The zero-order valence-corrected chi connectivity index (χ0v) is 12.0. The van der Waals surface area contributed by atoms with Crippen molar-refractivity contribution in [2.24, 2.45) is 0 Å². The fourth-order valence-electron chi connectivity index (χ4n) is 2.20. The highest BCUT2D eigenvalue weighted by Gasteiger charge is 2.14. The molecule has 0 saturated carbocycles. The highest BCUT2D eigenvalue weighted by atomic mass is 19.1. The molecule has 21 heavy (non-hydrogen) atoms. The van der Waals surface area contributed by atoms with Crippen molar-refractivity contribution in [3.05, 3.63) is 65.0 Å². The summed E-state index contributed by atoms with van der Waals surface area (Å²) in [6, 6.07) is 12.9. The summed E-state index contributed by atoms with van der Waals surface area (Å²) in [6.45, 7) is 2.10. The van der Waals surface area contributed by atoms with Gasteiger partial charge in [0, 0.05) is 12.2 Å². The Labute approximate surface area is 124 Å². The number of anilines is 1. The first kappa shape index (κ1) is 15.0. The zero-order valence-electron chi connectivity index (χ0n) is 12.0. The maximum Gasteiger partial charge on any atom is 0.254 e. The van der Waals surface area contributed by atoms with Gasteiger partial charge >= 0.3 is 0 Å². The average Bonchev–Trinajstić information content (AvgIpc) is 2.48. The van der Waals surface area contributed by atoms with Crippen molar-refractivity contribution in [2.45, 2.75) is 19.8 Å². The molecule has 3 N–H and O–H groups in total. The van der Waals surface area contributed by atoms with E-state index in [1.165, 1.54) is 17.7 Å². The summed E-state index contributed by atoms with van der Waals surface area (Å²) in [5, 5.41) is 2.73. The molecular weight excluding hydrogens is 267 g/mol. The van der Waals surface area contributed by atoms with E-state index in [1.54, 1.807) is 6.92 Å². The van der Waals surface area contributed by atoms with E-state index in [-0.39, 0.29) is 5.56 Å². The Kier molecular flexibility index (Phi) is 4.93. The Morgan fingerprint density at radius 1 is 1.24 bits per heavy atom. The lowest BCUT2D eigenvalue weighted by atomic mass is 10.1. The molecule has 0 saturated heterocycles. The van der Waals surface area contributed by atoms with E-state index in [0.29, 0.717) is 17.8 Å². The molecule has 0 atom stereocenters. The van der Waals surface area contributed by atoms with E-state index < -0.39 is 11.7 Å². The van der Waals surface area contributed by atoms with Crippen LogP contribution in [0, 0.1) is 12.7 Å². The van der Waals surface area contributed by atoms with Gasteiger partial charge in [0.15, 0.2) is 0 Å². The van der Waals surface area contributed by atoms with Crippen molar-refractivity contribution >= 4 is 11.6 Å². The SMILES string of the molecule is Cc1cc(N)cc(C(=O)NCCCc2ccccc2)c1F. The van der Waals surface area contributed by atoms with Gasteiger partial charge in [0.05, 0.1) is 5.56 Å². The first-order valence-electron chi connectivity index (χ1n) is 6.95. The van der Waals surface area contributed by atoms with Crippen molar-refractivity contribution in [1.29, 1.82) is 0 Å². The number of nitrogens with two attached hydrogens (primary N) is 1. The normalized spacial score (nSPS) is 10.4. The summed E-state index contributed by atoms with van der Waals surface area (Å²) in [4.78, 5) is 12.0. The van der Waals surface area contributed by atoms with Crippen LogP contribution in [-0.4, -0.2) is 12.5 Å². The number of hydrogen-bond acceptors (Lipinski definition) is 2. The highest BCUT2D eigenvalue weighted by molar-refractivity contribution is 5.95. The average molecular weight is 286 g/mol. The van der Waals surface area contributed by atoms with Crippen molar-refractivity contribution < 1.29 is 9.18 Å². The van der Waals surface area contributed by atoms with Crippen LogP contribution < -0.4 is 11.1 Å². The van der Waals surface area contributed by atoms with Crippen LogP contribution >= 0.6 is 0 Å². The van der Waals surface area contributed by atoms with Crippen LogP contribution in [0.4, 0.5) is 10.1 Å². The summed E-state index contributed by atoms with van der Waals surface area (Å²) in [5.41, 5.74) is 7.65. The Balaban J connectivity index is 1.88. The van der Waals surface area contributed by atoms with Gasteiger partial charge in [-0.05, 0) is 43.0 Å². The number of aryl methyl sites for hydroxylation is 2. The lowest BCUT2D eigenvalue weighted by Crippen LogP contribution is -2.26. The number of halogens is 1. The molecular formula is C17H19FN2O. The Morgan fingerprint density at radius 2 is 1.95 bits per heavy atom. The van der Waals surface area contributed by atoms with Crippen LogP contribution in [0.1, 0.15) is 27.9 Å². The quantitative estimate of drug-likeness (QED) is 0.655. The van der Waals surface area contributed by atoms with Crippen molar-refractivity contribution in [3.63, 3.8) is 0 Å². The minimum Gasteiger partial charge on any atom is -0.399 e. The van der Waals surface area contributed by atoms with Crippen LogP contribution in [-0.2, 0) is 6.42 Å². The third-order valence-electron chi connectivity index (χ3n) is 3.29. The first-order valence-corrected chi connectivity index (χ1v) is 6.95. The van der Waals surface area contributed by atoms with E-state index in [1.807, 2.05) is 30.3 Å². The highest BCUT2D eigenvalue weighted by Crippen LogP contribution is 2.17. The van der Waals surface area contributed by atoms with Gasteiger partial charge in [0.2, 0.25) is 0 Å². The molecule has 4 heteroatoms. The van der Waals surface area contributed by atoms with Crippen LogP contribution in [0.15, 0.2) is 42.5 Å². The Morgan fingerprint density at radius 3 is 2.67 bits per heavy atom. The first-order chi connectivity index (χ1) is 10.1. The monoisotopic (exact) mass is 286 g/mol. The van der Waals surface area contributed by atoms with Crippen molar-refractivity contribution in [1.82, 2.24) is 5.32 Å². The molecule has 0 aromatic heterocycles. The molecule has 0 aliphatic carbocycles. The van der Waals surface area contributed by atoms with Gasteiger partial charge in [-0.1, -0.05) is 30.3 Å². The van der Waals surface area contributed by atoms with Gasteiger partial charge in [-0.2, -0.15) is 0 Å². The molecule has 2 rings (SSSR count). The molecule has 0 spiro atoms. The number of carbonyl (C=O) groups is 1. The topological polar surface area (TPSA) is 55.1 Å². The third kappa shape index (κ3) is 4.05. The smallest absolute Gasteiger partial charge is 0.254 e. The summed E-state index contributed by atoms with van der Waals surface area (Å²) in [6.07, 6.45) is 1.68. The largest absolute Gasteiger partial charge is 0.399 e. The lowest BCUT2D eigenvalue weighted by Gasteiger charge is -2.09. The van der Waals surface area contributed by atoms with Crippen LogP contribution in [0.25, 0.3) is 0 Å². The fourth-order valence-corrected chi connectivity index (χ4v) is 2.20. The minimum absolute atomic E-state index is 0.00668. The van der Waals surface area contributed by atoms with Crippen molar-refractivity contribution in [2.75, 3.05) is 12.3 Å². The molecule has 0 heterocycles. The number of hydrogen-bond donors (Lipinski definition) is 2. The molecule has 0 aliphatic rings. The summed E-state index contributed by atoms with van der Waals surface area (Å²) >= 11 is 0. The Bertz CT molecular complexity index is 626. The van der Waals surface area contributed by atoms with Gasteiger partial charge in [-0.25, -0.2) is 4.39 Å². The maximum atomic E-state index is 13.9.